The van der Waals surface area contributed by atoms with Crippen molar-refractivity contribution in [2.75, 3.05) is 20.2 Å². The van der Waals surface area contributed by atoms with Gasteiger partial charge in [-0.15, -0.1) is 0 Å². The van der Waals surface area contributed by atoms with Gasteiger partial charge < -0.3 is 10.1 Å². The van der Waals surface area contributed by atoms with Crippen molar-refractivity contribution in [1.29, 1.82) is 0 Å². The number of nitrogens with zero attached hydrogens (tertiary/aromatic N) is 2. The number of benzene rings is 2. The van der Waals surface area contributed by atoms with E-state index in [1.807, 2.05) is 49.4 Å². The van der Waals surface area contributed by atoms with E-state index in [0.29, 0.717) is 29.5 Å². The van der Waals surface area contributed by atoms with E-state index in [4.69, 9.17) is 4.74 Å². The third-order valence-electron chi connectivity index (χ3n) is 7.08. The molecule has 2 aliphatic rings. The monoisotopic (exact) mass is 443 g/mol. The Bertz CT molecular complexity index is 1250. The number of likely N-dealkylation sites (tertiary alicyclic amines) is 1. The Morgan fingerprint density at radius 1 is 1.21 bits per heavy atom. The van der Waals surface area contributed by atoms with E-state index >= 15 is 0 Å². The van der Waals surface area contributed by atoms with Crippen molar-refractivity contribution in [1.82, 2.24) is 15.2 Å². The number of rotatable bonds is 7. The van der Waals surface area contributed by atoms with Crippen LogP contribution in [0.5, 0.6) is 5.75 Å². The minimum atomic E-state index is -0.484. The molecule has 5 rings (SSSR count). The SMILES string of the molecule is CC(=O)c1cc(C2(NC(=O)c3cc(OCC4CCN4C)ccc3C)CC2)c2cccnc2c1. The van der Waals surface area contributed by atoms with Gasteiger partial charge in [-0.25, -0.2) is 0 Å². The van der Waals surface area contributed by atoms with Gasteiger partial charge in [0.15, 0.2) is 5.78 Å². The fourth-order valence-corrected chi connectivity index (χ4v) is 4.56. The molecule has 6 heteroatoms. The highest BCUT2D eigenvalue weighted by molar-refractivity contribution is 6.00. The van der Waals surface area contributed by atoms with Gasteiger partial charge in [0.2, 0.25) is 0 Å². The highest BCUT2D eigenvalue weighted by Crippen LogP contribution is 2.48. The van der Waals surface area contributed by atoms with Crippen molar-refractivity contribution in [3.8, 4) is 5.75 Å². The summed E-state index contributed by atoms with van der Waals surface area (Å²) in [5.41, 5.74) is 3.38. The number of Topliss-reactive ketones (excluding diaryl/α,β-unsaturated/α-hetero) is 1. The number of carbonyl (C=O) groups is 2. The Morgan fingerprint density at radius 3 is 2.70 bits per heavy atom. The van der Waals surface area contributed by atoms with Gasteiger partial charge in [0.25, 0.3) is 5.91 Å². The Labute approximate surface area is 194 Å². The van der Waals surface area contributed by atoms with E-state index in [1.165, 1.54) is 0 Å². The highest BCUT2D eigenvalue weighted by Gasteiger charge is 2.47. The molecule has 170 valence electrons. The summed E-state index contributed by atoms with van der Waals surface area (Å²) in [6.45, 7) is 5.23. The van der Waals surface area contributed by atoms with Crippen LogP contribution in [0.15, 0.2) is 48.7 Å². The molecule has 1 saturated carbocycles. The summed E-state index contributed by atoms with van der Waals surface area (Å²) < 4.78 is 5.99. The van der Waals surface area contributed by atoms with E-state index in [1.54, 1.807) is 13.1 Å². The molecule has 0 bridgehead atoms. The molecule has 1 amide bonds. The molecule has 0 spiro atoms. The molecule has 33 heavy (non-hydrogen) atoms. The van der Waals surface area contributed by atoms with E-state index < -0.39 is 5.54 Å². The first kappa shape index (κ1) is 21.6. The Balaban J connectivity index is 1.41. The smallest absolute Gasteiger partial charge is 0.252 e. The van der Waals surface area contributed by atoms with E-state index in [2.05, 4.69) is 22.2 Å². The topological polar surface area (TPSA) is 71.5 Å². The van der Waals surface area contributed by atoms with Gasteiger partial charge >= 0.3 is 0 Å². The Kier molecular flexibility index (Phi) is 5.41. The standard InChI is InChI=1S/C27H29N3O3/c1-17-6-7-21(33-16-20-8-12-30(20)3)15-23(17)26(32)29-27(9-10-27)24-13-19(18(2)31)14-25-22(24)5-4-11-28-25/h4-7,11,13-15,20H,8-10,12,16H2,1-3H3,(H,29,32). The van der Waals surface area contributed by atoms with Crippen molar-refractivity contribution in [3.05, 3.63) is 70.9 Å². The molecule has 6 nitrogen and oxygen atoms in total. The summed E-state index contributed by atoms with van der Waals surface area (Å²) >= 11 is 0. The van der Waals surface area contributed by atoms with Crippen LogP contribution in [0.25, 0.3) is 10.9 Å². The fraction of sp³-hybridized carbons (Fsp3) is 0.370. The molecule has 1 aromatic heterocycles. The number of aromatic nitrogens is 1. The first-order chi connectivity index (χ1) is 15.9. The second kappa shape index (κ2) is 8.27. The van der Waals surface area contributed by atoms with Gasteiger partial charge in [-0.3, -0.25) is 19.5 Å². The van der Waals surface area contributed by atoms with Crippen LogP contribution in [0.4, 0.5) is 0 Å². The molecule has 1 unspecified atom stereocenters. The number of ether oxygens (including phenoxy) is 1. The lowest BCUT2D eigenvalue weighted by Crippen LogP contribution is -2.48. The molecule has 0 radical (unpaired) electrons. The van der Waals surface area contributed by atoms with Gasteiger partial charge in [0.05, 0.1) is 11.1 Å². The molecular formula is C27H29N3O3. The van der Waals surface area contributed by atoms with Gasteiger partial charge in [-0.2, -0.15) is 0 Å². The molecule has 1 aliphatic carbocycles. The van der Waals surface area contributed by atoms with Crippen molar-refractivity contribution in [2.24, 2.45) is 0 Å². The van der Waals surface area contributed by atoms with Crippen LogP contribution in [0.1, 0.15) is 58.0 Å². The first-order valence-corrected chi connectivity index (χ1v) is 11.5. The number of hydrogen-bond donors (Lipinski definition) is 1. The fourth-order valence-electron chi connectivity index (χ4n) is 4.56. The predicted molar refractivity (Wildman–Crippen MR) is 128 cm³/mol. The maximum Gasteiger partial charge on any atom is 0.252 e. The van der Waals surface area contributed by atoms with Crippen molar-refractivity contribution >= 4 is 22.6 Å². The largest absolute Gasteiger partial charge is 0.492 e. The van der Waals surface area contributed by atoms with Gasteiger partial charge in [0, 0.05) is 28.8 Å². The number of nitrogens with one attached hydrogen (secondary N) is 1. The zero-order valence-corrected chi connectivity index (χ0v) is 19.4. The minimum absolute atomic E-state index is 0.0104. The number of amides is 1. The summed E-state index contributed by atoms with van der Waals surface area (Å²) in [6, 6.07) is 13.8. The number of likely N-dealkylation sites (N-methyl/N-ethyl adjacent to an activating group) is 1. The second-order valence-corrected chi connectivity index (χ2v) is 9.40. The van der Waals surface area contributed by atoms with Crippen LogP contribution in [0, 0.1) is 6.92 Å². The predicted octanol–water partition coefficient (Wildman–Crippen LogP) is 4.25. The molecular weight excluding hydrogens is 414 g/mol. The number of fused-ring (bicyclic) bond motifs is 1. The molecule has 2 heterocycles. The van der Waals surface area contributed by atoms with Crippen LogP contribution in [-0.2, 0) is 5.54 Å². The third kappa shape index (κ3) is 4.11. The van der Waals surface area contributed by atoms with E-state index in [0.717, 1.165) is 47.8 Å². The van der Waals surface area contributed by atoms with Crippen molar-refractivity contribution < 1.29 is 14.3 Å². The molecule has 1 aliphatic heterocycles. The lowest BCUT2D eigenvalue weighted by Gasteiger charge is -2.37. The molecule has 2 aromatic carbocycles. The summed E-state index contributed by atoms with van der Waals surface area (Å²) in [6.07, 6.45) is 4.52. The summed E-state index contributed by atoms with van der Waals surface area (Å²) in [7, 11) is 2.10. The summed E-state index contributed by atoms with van der Waals surface area (Å²) in [5, 5.41) is 4.25. The Morgan fingerprint density at radius 2 is 2.03 bits per heavy atom. The van der Waals surface area contributed by atoms with Crippen molar-refractivity contribution in [3.63, 3.8) is 0 Å². The number of ketones is 1. The maximum atomic E-state index is 13.4. The second-order valence-electron chi connectivity index (χ2n) is 9.40. The number of pyridine rings is 1. The maximum absolute atomic E-state index is 13.4. The van der Waals surface area contributed by atoms with Crippen LogP contribution < -0.4 is 10.1 Å². The van der Waals surface area contributed by atoms with E-state index in [9.17, 15) is 9.59 Å². The average Bonchev–Trinajstić information content (AvgIpc) is 3.58. The first-order valence-electron chi connectivity index (χ1n) is 11.5. The lowest BCUT2D eigenvalue weighted by atomic mass is 9.94. The van der Waals surface area contributed by atoms with Crippen LogP contribution >= 0.6 is 0 Å². The van der Waals surface area contributed by atoms with Crippen molar-refractivity contribution in [2.45, 2.75) is 44.7 Å². The number of aryl methyl sites for hydroxylation is 1. The summed E-state index contributed by atoms with van der Waals surface area (Å²) in [4.78, 5) is 32.3. The average molecular weight is 444 g/mol. The minimum Gasteiger partial charge on any atom is -0.492 e. The van der Waals surface area contributed by atoms with Gasteiger partial charge in [-0.05, 0) is 88.2 Å². The number of carbonyl (C=O) groups excluding carboxylic acids is 2. The summed E-state index contributed by atoms with van der Waals surface area (Å²) in [5.74, 6) is 0.578. The number of hydrogen-bond acceptors (Lipinski definition) is 5. The molecule has 1 saturated heterocycles. The van der Waals surface area contributed by atoms with Gasteiger partial charge in [-0.1, -0.05) is 12.1 Å². The van der Waals surface area contributed by atoms with Crippen LogP contribution in [0.3, 0.4) is 0 Å². The lowest BCUT2D eigenvalue weighted by molar-refractivity contribution is 0.0767. The van der Waals surface area contributed by atoms with E-state index in [-0.39, 0.29) is 11.7 Å². The molecule has 2 fully saturated rings. The Hall–Kier alpha value is -3.25. The quantitative estimate of drug-likeness (QED) is 0.553. The normalized spacial score (nSPS) is 19.1. The zero-order chi connectivity index (χ0) is 23.2. The van der Waals surface area contributed by atoms with Crippen LogP contribution in [-0.4, -0.2) is 47.8 Å². The van der Waals surface area contributed by atoms with Crippen LogP contribution in [0.2, 0.25) is 0 Å². The highest BCUT2D eigenvalue weighted by atomic mass is 16.5. The van der Waals surface area contributed by atoms with Gasteiger partial charge in [0.1, 0.15) is 12.4 Å². The molecule has 3 aromatic rings. The molecule has 1 N–H and O–H groups in total. The third-order valence-corrected chi connectivity index (χ3v) is 7.08. The zero-order valence-electron chi connectivity index (χ0n) is 19.4. The molecule has 1 atom stereocenters.